The van der Waals surface area contributed by atoms with Crippen molar-refractivity contribution >= 4 is 5.78 Å². The fraction of sp³-hybridized carbons (Fsp3) is 0.941. The molecule has 0 aliphatic heterocycles. The standard InChI is InChI=1S/C17H31NO/c1-13-7-8-15(11-14(13)2)16(19)17(12-18)9-5-3-4-6-10-17/h13-15H,3-12,18H2,1-2H3. The maximum atomic E-state index is 13.0. The Kier molecular flexibility index (Phi) is 5.05. The molecule has 110 valence electrons. The minimum absolute atomic E-state index is 0.165. The third kappa shape index (κ3) is 3.21. The molecule has 0 aromatic heterocycles. The average molecular weight is 265 g/mol. The van der Waals surface area contributed by atoms with E-state index in [1.165, 1.54) is 32.1 Å². The second kappa shape index (κ2) is 6.39. The van der Waals surface area contributed by atoms with Crippen molar-refractivity contribution in [1.29, 1.82) is 0 Å². The van der Waals surface area contributed by atoms with Gasteiger partial charge in [-0.2, -0.15) is 0 Å². The minimum Gasteiger partial charge on any atom is -0.329 e. The van der Waals surface area contributed by atoms with Gasteiger partial charge in [0, 0.05) is 17.9 Å². The van der Waals surface area contributed by atoms with Gasteiger partial charge in [-0.25, -0.2) is 0 Å². The van der Waals surface area contributed by atoms with Crippen LogP contribution in [0.4, 0.5) is 0 Å². The second-order valence-corrected chi connectivity index (χ2v) is 7.23. The van der Waals surface area contributed by atoms with Gasteiger partial charge in [0.2, 0.25) is 0 Å². The van der Waals surface area contributed by atoms with E-state index in [-0.39, 0.29) is 5.41 Å². The lowest BCUT2D eigenvalue weighted by atomic mass is 9.66. The van der Waals surface area contributed by atoms with Crippen LogP contribution < -0.4 is 5.73 Å². The van der Waals surface area contributed by atoms with E-state index in [0.717, 1.165) is 31.6 Å². The summed E-state index contributed by atoms with van der Waals surface area (Å²) in [6.07, 6.45) is 10.5. The van der Waals surface area contributed by atoms with Crippen LogP contribution in [0.3, 0.4) is 0 Å². The molecule has 2 rings (SSSR count). The topological polar surface area (TPSA) is 43.1 Å². The number of nitrogens with two attached hydrogens (primary N) is 1. The van der Waals surface area contributed by atoms with E-state index >= 15 is 0 Å². The van der Waals surface area contributed by atoms with Crippen molar-refractivity contribution in [1.82, 2.24) is 0 Å². The first-order valence-corrected chi connectivity index (χ1v) is 8.33. The van der Waals surface area contributed by atoms with Crippen molar-refractivity contribution in [3.05, 3.63) is 0 Å². The summed E-state index contributed by atoms with van der Waals surface area (Å²) in [6, 6.07) is 0. The van der Waals surface area contributed by atoms with Gasteiger partial charge in [0.1, 0.15) is 5.78 Å². The monoisotopic (exact) mass is 265 g/mol. The van der Waals surface area contributed by atoms with E-state index in [0.29, 0.717) is 24.2 Å². The van der Waals surface area contributed by atoms with Crippen LogP contribution in [0.2, 0.25) is 0 Å². The second-order valence-electron chi connectivity index (χ2n) is 7.23. The number of ketones is 1. The highest BCUT2D eigenvalue weighted by Crippen LogP contribution is 2.42. The molecule has 2 saturated carbocycles. The lowest BCUT2D eigenvalue weighted by Gasteiger charge is -2.38. The maximum absolute atomic E-state index is 13.0. The fourth-order valence-corrected chi connectivity index (χ4v) is 4.18. The zero-order valence-electron chi connectivity index (χ0n) is 12.8. The smallest absolute Gasteiger partial charge is 0.143 e. The Morgan fingerprint density at radius 2 is 1.68 bits per heavy atom. The fourth-order valence-electron chi connectivity index (χ4n) is 4.18. The zero-order valence-corrected chi connectivity index (χ0v) is 12.8. The van der Waals surface area contributed by atoms with Gasteiger partial charge in [-0.15, -0.1) is 0 Å². The first-order valence-electron chi connectivity index (χ1n) is 8.33. The van der Waals surface area contributed by atoms with E-state index in [9.17, 15) is 4.79 Å². The lowest BCUT2D eigenvalue weighted by Crippen LogP contribution is -2.43. The number of rotatable bonds is 3. The summed E-state index contributed by atoms with van der Waals surface area (Å²) in [5.74, 6) is 2.30. The van der Waals surface area contributed by atoms with E-state index < -0.39 is 0 Å². The molecule has 19 heavy (non-hydrogen) atoms. The summed E-state index contributed by atoms with van der Waals surface area (Å²) in [4.78, 5) is 13.0. The molecule has 2 fully saturated rings. The quantitative estimate of drug-likeness (QED) is 0.786. The van der Waals surface area contributed by atoms with E-state index in [1.54, 1.807) is 0 Å². The number of hydrogen-bond donors (Lipinski definition) is 1. The molecule has 2 heteroatoms. The highest BCUT2D eigenvalue weighted by atomic mass is 16.1. The van der Waals surface area contributed by atoms with Gasteiger partial charge in [-0.1, -0.05) is 39.5 Å². The molecule has 2 aliphatic rings. The number of Topliss-reactive ketones (excluding diaryl/α,β-unsaturated/α-hetero) is 1. The Balaban J connectivity index is 2.07. The molecule has 2 nitrogen and oxygen atoms in total. The molecule has 2 N–H and O–H groups in total. The molecule has 0 radical (unpaired) electrons. The van der Waals surface area contributed by atoms with Gasteiger partial charge < -0.3 is 5.73 Å². The van der Waals surface area contributed by atoms with Gasteiger partial charge in [0.25, 0.3) is 0 Å². The molecule has 0 aromatic rings. The van der Waals surface area contributed by atoms with Crippen LogP contribution in [0.25, 0.3) is 0 Å². The predicted octanol–water partition coefficient (Wildman–Crippen LogP) is 3.93. The summed E-state index contributed by atoms with van der Waals surface area (Å²) in [5, 5.41) is 0. The zero-order chi connectivity index (χ0) is 13.9. The van der Waals surface area contributed by atoms with E-state index in [2.05, 4.69) is 13.8 Å². The molecule has 0 saturated heterocycles. The summed E-state index contributed by atoms with van der Waals surface area (Å²) >= 11 is 0. The lowest BCUT2D eigenvalue weighted by molar-refractivity contribution is -0.135. The molecule has 0 bridgehead atoms. The highest BCUT2D eigenvalue weighted by Gasteiger charge is 2.42. The predicted molar refractivity (Wildman–Crippen MR) is 79.9 cm³/mol. The summed E-state index contributed by atoms with van der Waals surface area (Å²) in [6.45, 7) is 5.22. The van der Waals surface area contributed by atoms with E-state index in [1.807, 2.05) is 0 Å². The Morgan fingerprint density at radius 3 is 2.21 bits per heavy atom. The van der Waals surface area contributed by atoms with Crippen LogP contribution in [0, 0.1) is 23.2 Å². The Bertz CT molecular complexity index is 304. The van der Waals surface area contributed by atoms with E-state index in [4.69, 9.17) is 5.73 Å². The van der Waals surface area contributed by atoms with Crippen molar-refractivity contribution in [2.45, 2.75) is 71.6 Å². The molecule has 3 unspecified atom stereocenters. The number of carbonyl (C=O) groups is 1. The van der Waals surface area contributed by atoms with Crippen LogP contribution in [-0.4, -0.2) is 12.3 Å². The Hall–Kier alpha value is -0.370. The summed E-state index contributed by atoms with van der Waals surface area (Å²) in [7, 11) is 0. The highest BCUT2D eigenvalue weighted by molar-refractivity contribution is 5.87. The van der Waals surface area contributed by atoms with Crippen molar-refractivity contribution < 1.29 is 4.79 Å². The van der Waals surface area contributed by atoms with Crippen LogP contribution in [-0.2, 0) is 4.79 Å². The third-order valence-corrected chi connectivity index (χ3v) is 5.94. The largest absolute Gasteiger partial charge is 0.329 e. The third-order valence-electron chi connectivity index (χ3n) is 5.94. The molecule has 0 heterocycles. The Labute approximate surface area is 118 Å². The number of hydrogen-bond acceptors (Lipinski definition) is 2. The van der Waals surface area contributed by atoms with Crippen molar-refractivity contribution in [2.75, 3.05) is 6.54 Å². The molecule has 0 amide bonds. The maximum Gasteiger partial charge on any atom is 0.143 e. The van der Waals surface area contributed by atoms with Gasteiger partial charge in [0.05, 0.1) is 0 Å². The van der Waals surface area contributed by atoms with Crippen molar-refractivity contribution in [2.24, 2.45) is 28.9 Å². The van der Waals surface area contributed by atoms with Gasteiger partial charge in [-0.05, 0) is 43.9 Å². The first-order chi connectivity index (χ1) is 9.09. The van der Waals surface area contributed by atoms with Gasteiger partial charge >= 0.3 is 0 Å². The van der Waals surface area contributed by atoms with Crippen LogP contribution >= 0.6 is 0 Å². The molecular formula is C17H31NO. The molecular weight excluding hydrogens is 234 g/mol. The van der Waals surface area contributed by atoms with Crippen LogP contribution in [0.1, 0.15) is 71.6 Å². The minimum atomic E-state index is -0.165. The van der Waals surface area contributed by atoms with Gasteiger partial charge in [0.15, 0.2) is 0 Å². The number of carbonyl (C=O) groups excluding carboxylic acids is 1. The van der Waals surface area contributed by atoms with Crippen molar-refractivity contribution in [3.63, 3.8) is 0 Å². The van der Waals surface area contributed by atoms with Crippen LogP contribution in [0.5, 0.6) is 0 Å². The first kappa shape index (κ1) is 15.0. The molecule has 3 atom stereocenters. The SMILES string of the molecule is CC1CCC(C(=O)C2(CN)CCCCCC2)CC1C. The molecule has 0 aromatic carbocycles. The summed E-state index contributed by atoms with van der Waals surface area (Å²) in [5.41, 5.74) is 5.89. The van der Waals surface area contributed by atoms with Gasteiger partial charge in [-0.3, -0.25) is 4.79 Å². The normalized spacial score (nSPS) is 35.6. The molecule has 0 spiro atoms. The Morgan fingerprint density at radius 1 is 1.05 bits per heavy atom. The molecule has 2 aliphatic carbocycles. The summed E-state index contributed by atoms with van der Waals surface area (Å²) < 4.78 is 0. The average Bonchev–Trinajstić information content (AvgIpc) is 2.67. The van der Waals surface area contributed by atoms with Crippen LogP contribution in [0.15, 0.2) is 0 Å². The van der Waals surface area contributed by atoms with Crippen molar-refractivity contribution in [3.8, 4) is 0 Å².